The van der Waals surface area contributed by atoms with Crippen molar-refractivity contribution in [2.24, 2.45) is 0 Å². The van der Waals surface area contributed by atoms with Gasteiger partial charge in [-0.25, -0.2) is 0 Å². The van der Waals surface area contributed by atoms with E-state index in [1.807, 2.05) is 18.2 Å². The van der Waals surface area contributed by atoms with E-state index in [0.29, 0.717) is 16.8 Å². The number of nitro groups is 1. The first-order chi connectivity index (χ1) is 15.1. The van der Waals surface area contributed by atoms with Gasteiger partial charge in [-0.15, -0.1) is 0 Å². The molecule has 0 fully saturated rings. The van der Waals surface area contributed by atoms with Crippen LogP contribution in [0.3, 0.4) is 0 Å². The molecule has 2 aromatic heterocycles. The predicted molar refractivity (Wildman–Crippen MR) is 115 cm³/mol. The summed E-state index contributed by atoms with van der Waals surface area (Å²) in [6.07, 6.45) is 2.94. The molecule has 150 valence electrons. The van der Waals surface area contributed by atoms with E-state index in [0.717, 1.165) is 5.39 Å². The molecule has 0 bridgehead atoms. The highest BCUT2D eigenvalue weighted by Crippen LogP contribution is 2.31. The van der Waals surface area contributed by atoms with Crippen molar-refractivity contribution in [3.8, 4) is 17.4 Å². The molecule has 0 spiro atoms. The number of rotatable bonds is 5. The van der Waals surface area contributed by atoms with Crippen molar-refractivity contribution in [1.82, 2.24) is 4.98 Å². The smallest absolute Gasteiger partial charge is 0.280 e. The average Bonchev–Trinajstić information content (AvgIpc) is 3.26. The highest BCUT2D eigenvalue weighted by Gasteiger charge is 2.18. The Kier molecular flexibility index (Phi) is 5.24. The Morgan fingerprint density at radius 1 is 1.10 bits per heavy atom. The van der Waals surface area contributed by atoms with Crippen molar-refractivity contribution < 1.29 is 14.1 Å². The largest absolute Gasteiger partial charge is 0.456 e. The molecule has 0 aliphatic heterocycles. The van der Waals surface area contributed by atoms with E-state index in [1.165, 1.54) is 12.1 Å². The molecular formula is C23H14N4O4. The third kappa shape index (κ3) is 4.02. The van der Waals surface area contributed by atoms with Gasteiger partial charge in [-0.3, -0.25) is 19.9 Å². The van der Waals surface area contributed by atoms with Gasteiger partial charge >= 0.3 is 0 Å². The monoisotopic (exact) mass is 410 g/mol. The van der Waals surface area contributed by atoms with Gasteiger partial charge in [-0.05, 0) is 42.5 Å². The van der Waals surface area contributed by atoms with Crippen molar-refractivity contribution in [1.29, 1.82) is 5.26 Å². The van der Waals surface area contributed by atoms with Gasteiger partial charge in [0.2, 0.25) is 0 Å². The van der Waals surface area contributed by atoms with Crippen LogP contribution in [0.2, 0.25) is 0 Å². The van der Waals surface area contributed by atoms with Crippen LogP contribution in [-0.4, -0.2) is 15.8 Å². The van der Waals surface area contributed by atoms with E-state index >= 15 is 0 Å². The van der Waals surface area contributed by atoms with Crippen LogP contribution in [0.15, 0.2) is 82.9 Å². The van der Waals surface area contributed by atoms with Crippen LogP contribution < -0.4 is 5.32 Å². The number of amides is 1. The van der Waals surface area contributed by atoms with Crippen molar-refractivity contribution in [3.63, 3.8) is 0 Å². The minimum atomic E-state index is -0.609. The maximum absolute atomic E-state index is 12.7. The van der Waals surface area contributed by atoms with E-state index in [1.54, 1.807) is 54.7 Å². The van der Waals surface area contributed by atoms with E-state index < -0.39 is 10.8 Å². The van der Waals surface area contributed by atoms with Crippen LogP contribution in [0.4, 0.5) is 11.4 Å². The number of fused-ring (bicyclic) bond motifs is 1. The molecule has 0 unspecified atom stereocenters. The molecular weight excluding hydrogens is 396 g/mol. The Morgan fingerprint density at radius 2 is 1.94 bits per heavy atom. The Hall–Kier alpha value is -4.77. The number of hydrogen-bond acceptors (Lipinski definition) is 6. The Morgan fingerprint density at radius 3 is 2.74 bits per heavy atom. The minimum Gasteiger partial charge on any atom is -0.456 e. The average molecular weight is 410 g/mol. The van der Waals surface area contributed by atoms with Crippen LogP contribution >= 0.6 is 0 Å². The standard InChI is InChI=1S/C23H14N4O4/c24-14-15(23(28)26-20-8-3-7-19-17(20)6-4-12-25-19)13-16-10-11-22(31-16)18-5-1-2-9-21(18)27(29)30/h1-13H,(H,26,28)/b15-13+. The summed E-state index contributed by atoms with van der Waals surface area (Å²) in [7, 11) is 0. The first kappa shape index (κ1) is 19.5. The molecule has 4 aromatic rings. The number of aromatic nitrogens is 1. The molecule has 8 heteroatoms. The number of nitro benzene ring substituents is 1. The van der Waals surface area contributed by atoms with Crippen LogP contribution in [0.5, 0.6) is 0 Å². The van der Waals surface area contributed by atoms with Crippen LogP contribution in [0, 0.1) is 21.4 Å². The van der Waals surface area contributed by atoms with Gasteiger partial charge < -0.3 is 9.73 Å². The molecule has 0 aliphatic rings. The number of para-hydroxylation sites is 1. The second-order valence-electron chi connectivity index (χ2n) is 6.48. The summed E-state index contributed by atoms with van der Waals surface area (Å²) in [5, 5.41) is 24.2. The Bertz CT molecular complexity index is 1380. The molecule has 0 saturated heterocycles. The molecule has 1 N–H and O–H groups in total. The van der Waals surface area contributed by atoms with Gasteiger partial charge in [0.1, 0.15) is 23.2 Å². The van der Waals surface area contributed by atoms with Crippen molar-refractivity contribution >= 4 is 34.3 Å². The fourth-order valence-corrected chi connectivity index (χ4v) is 3.11. The zero-order valence-electron chi connectivity index (χ0n) is 16.0. The molecule has 0 saturated carbocycles. The summed E-state index contributed by atoms with van der Waals surface area (Å²) < 4.78 is 5.64. The molecule has 1 amide bonds. The van der Waals surface area contributed by atoms with E-state index in [9.17, 15) is 20.2 Å². The zero-order chi connectivity index (χ0) is 21.8. The van der Waals surface area contributed by atoms with Crippen molar-refractivity contribution in [2.45, 2.75) is 0 Å². The van der Waals surface area contributed by atoms with Gasteiger partial charge in [-0.1, -0.05) is 18.2 Å². The third-order valence-electron chi connectivity index (χ3n) is 4.54. The lowest BCUT2D eigenvalue weighted by Gasteiger charge is -2.07. The first-order valence-corrected chi connectivity index (χ1v) is 9.17. The normalized spacial score (nSPS) is 11.1. The SMILES string of the molecule is N#C/C(=C\c1ccc(-c2ccccc2[N+](=O)[O-])o1)C(=O)Nc1cccc2ncccc12. The number of furan rings is 1. The number of anilines is 1. The number of nitrogens with one attached hydrogen (secondary N) is 1. The van der Waals surface area contributed by atoms with Crippen LogP contribution in [0.25, 0.3) is 28.3 Å². The maximum Gasteiger partial charge on any atom is 0.280 e. The van der Waals surface area contributed by atoms with E-state index in [-0.39, 0.29) is 22.8 Å². The molecule has 8 nitrogen and oxygen atoms in total. The predicted octanol–water partition coefficient (Wildman–Crippen LogP) is 4.95. The van der Waals surface area contributed by atoms with Crippen LogP contribution in [0.1, 0.15) is 5.76 Å². The quantitative estimate of drug-likeness (QED) is 0.215. The van der Waals surface area contributed by atoms with Gasteiger partial charge in [0.15, 0.2) is 0 Å². The number of hydrogen-bond donors (Lipinski definition) is 1. The Balaban J connectivity index is 1.62. The number of benzene rings is 2. The molecule has 0 radical (unpaired) electrons. The molecule has 0 atom stereocenters. The maximum atomic E-state index is 12.7. The third-order valence-corrected chi connectivity index (χ3v) is 4.54. The lowest BCUT2D eigenvalue weighted by atomic mass is 10.1. The van der Waals surface area contributed by atoms with Gasteiger partial charge in [0.05, 0.1) is 21.7 Å². The number of carbonyl (C=O) groups is 1. The molecule has 2 aromatic carbocycles. The fourth-order valence-electron chi connectivity index (χ4n) is 3.11. The van der Waals surface area contributed by atoms with E-state index in [4.69, 9.17) is 4.42 Å². The summed E-state index contributed by atoms with van der Waals surface area (Å²) in [6, 6.07) is 20.0. The summed E-state index contributed by atoms with van der Waals surface area (Å²) in [6.45, 7) is 0. The summed E-state index contributed by atoms with van der Waals surface area (Å²) in [5.41, 5.74) is 1.26. The van der Waals surface area contributed by atoms with Crippen molar-refractivity contribution in [2.75, 3.05) is 5.32 Å². The molecule has 4 rings (SSSR count). The minimum absolute atomic E-state index is 0.102. The lowest BCUT2D eigenvalue weighted by molar-refractivity contribution is -0.384. The van der Waals surface area contributed by atoms with Gasteiger partial charge in [0, 0.05) is 23.7 Å². The first-order valence-electron chi connectivity index (χ1n) is 9.17. The summed E-state index contributed by atoms with van der Waals surface area (Å²) >= 11 is 0. The molecule has 0 aliphatic carbocycles. The summed E-state index contributed by atoms with van der Waals surface area (Å²) in [5.74, 6) is -0.127. The molecule has 31 heavy (non-hydrogen) atoms. The topological polar surface area (TPSA) is 122 Å². The summed E-state index contributed by atoms with van der Waals surface area (Å²) in [4.78, 5) is 27.6. The van der Waals surface area contributed by atoms with Gasteiger partial charge in [0.25, 0.3) is 11.6 Å². The highest BCUT2D eigenvalue weighted by atomic mass is 16.6. The van der Waals surface area contributed by atoms with E-state index in [2.05, 4.69) is 10.3 Å². The number of carbonyl (C=O) groups excluding carboxylic acids is 1. The second kappa shape index (κ2) is 8.31. The van der Waals surface area contributed by atoms with Crippen LogP contribution in [-0.2, 0) is 4.79 Å². The number of nitrogens with zero attached hydrogens (tertiary/aromatic N) is 3. The van der Waals surface area contributed by atoms with Crippen molar-refractivity contribution in [3.05, 3.63) is 94.4 Å². The van der Waals surface area contributed by atoms with Gasteiger partial charge in [-0.2, -0.15) is 5.26 Å². The Labute approximate surface area is 176 Å². The fraction of sp³-hybridized carbons (Fsp3) is 0. The zero-order valence-corrected chi connectivity index (χ0v) is 16.0. The number of nitriles is 1. The highest BCUT2D eigenvalue weighted by molar-refractivity contribution is 6.12. The number of pyridine rings is 1. The lowest BCUT2D eigenvalue weighted by Crippen LogP contribution is -2.13. The second-order valence-corrected chi connectivity index (χ2v) is 6.48. The molecule has 2 heterocycles.